The molecule has 166 valence electrons. The summed E-state index contributed by atoms with van der Waals surface area (Å²) in [6.07, 6.45) is 0.387. The number of amides is 2. The number of anilines is 1. The van der Waals surface area contributed by atoms with E-state index in [4.69, 9.17) is 0 Å². The predicted molar refractivity (Wildman–Crippen MR) is 119 cm³/mol. The van der Waals surface area contributed by atoms with Gasteiger partial charge in [0.05, 0.1) is 12.5 Å². The quantitative estimate of drug-likeness (QED) is 0.489. The Hall–Kier alpha value is -3.74. The third-order valence-electron chi connectivity index (χ3n) is 4.77. The third-order valence-corrected chi connectivity index (χ3v) is 4.77. The van der Waals surface area contributed by atoms with E-state index in [9.17, 15) is 18.4 Å². The molecule has 1 unspecified atom stereocenters. The van der Waals surface area contributed by atoms with Crippen LogP contribution in [-0.2, 0) is 16.0 Å². The zero-order valence-electron chi connectivity index (χ0n) is 17.6. The van der Waals surface area contributed by atoms with E-state index in [0.717, 1.165) is 11.1 Å². The number of carbonyl (C=O) groups excluding carboxylic acids is 2. The van der Waals surface area contributed by atoms with Crippen molar-refractivity contribution in [2.24, 2.45) is 0 Å². The SMILES string of the molecule is CC(=O)NC(CC(=O)Nc1ccc(OC(F)F)c(Cc2ccccc2)c1)c1ccccc1. The van der Waals surface area contributed by atoms with Crippen LogP contribution in [0.5, 0.6) is 5.75 Å². The van der Waals surface area contributed by atoms with Gasteiger partial charge in [-0.3, -0.25) is 9.59 Å². The number of rotatable bonds is 9. The molecule has 0 bridgehead atoms. The average Bonchev–Trinajstić information content (AvgIpc) is 2.76. The van der Waals surface area contributed by atoms with Crippen molar-refractivity contribution in [3.63, 3.8) is 0 Å². The number of ether oxygens (including phenoxy) is 1. The molecule has 0 heterocycles. The molecule has 0 spiro atoms. The second-order valence-corrected chi connectivity index (χ2v) is 7.28. The lowest BCUT2D eigenvalue weighted by Gasteiger charge is -2.18. The summed E-state index contributed by atoms with van der Waals surface area (Å²) in [6, 6.07) is 22.6. The number of hydrogen-bond donors (Lipinski definition) is 2. The van der Waals surface area contributed by atoms with Crippen molar-refractivity contribution in [3.8, 4) is 5.75 Å². The maximum absolute atomic E-state index is 12.8. The lowest BCUT2D eigenvalue weighted by Crippen LogP contribution is -2.29. The van der Waals surface area contributed by atoms with Gasteiger partial charge in [0.1, 0.15) is 5.75 Å². The highest BCUT2D eigenvalue weighted by molar-refractivity contribution is 5.91. The molecule has 0 radical (unpaired) electrons. The first-order valence-electron chi connectivity index (χ1n) is 10.1. The van der Waals surface area contributed by atoms with Gasteiger partial charge in [-0.05, 0) is 29.3 Å². The Morgan fingerprint density at radius 2 is 1.59 bits per heavy atom. The molecule has 2 amide bonds. The van der Waals surface area contributed by atoms with Crippen LogP contribution in [0, 0.1) is 0 Å². The summed E-state index contributed by atoms with van der Waals surface area (Å²) in [6.45, 7) is -1.56. The number of benzene rings is 3. The Morgan fingerprint density at radius 1 is 0.938 bits per heavy atom. The summed E-state index contributed by atoms with van der Waals surface area (Å²) in [7, 11) is 0. The third kappa shape index (κ3) is 6.91. The molecule has 32 heavy (non-hydrogen) atoms. The zero-order chi connectivity index (χ0) is 22.9. The maximum atomic E-state index is 12.8. The second-order valence-electron chi connectivity index (χ2n) is 7.28. The van der Waals surface area contributed by atoms with Crippen molar-refractivity contribution in [3.05, 3.63) is 95.6 Å². The van der Waals surface area contributed by atoms with Crippen molar-refractivity contribution < 1.29 is 23.1 Å². The highest BCUT2D eigenvalue weighted by Gasteiger charge is 2.18. The minimum atomic E-state index is -2.95. The number of hydrogen-bond acceptors (Lipinski definition) is 3. The van der Waals surface area contributed by atoms with Crippen molar-refractivity contribution in [2.45, 2.75) is 32.4 Å². The molecule has 7 heteroatoms. The van der Waals surface area contributed by atoms with Crippen LogP contribution in [0.1, 0.15) is 36.1 Å². The van der Waals surface area contributed by atoms with E-state index in [-0.39, 0.29) is 24.0 Å². The molecule has 3 aromatic carbocycles. The van der Waals surface area contributed by atoms with Crippen LogP contribution in [0.15, 0.2) is 78.9 Å². The van der Waals surface area contributed by atoms with E-state index in [1.165, 1.54) is 19.1 Å². The molecule has 0 aliphatic carbocycles. The van der Waals surface area contributed by atoms with Crippen molar-refractivity contribution >= 4 is 17.5 Å². The van der Waals surface area contributed by atoms with Crippen LogP contribution < -0.4 is 15.4 Å². The molecule has 0 saturated carbocycles. The molecule has 3 rings (SSSR count). The van der Waals surface area contributed by atoms with Gasteiger partial charge >= 0.3 is 6.61 Å². The van der Waals surface area contributed by atoms with E-state index in [1.54, 1.807) is 6.07 Å². The van der Waals surface area contributed by atoms with Crippen LogP contribution in [0.25, 0.3) is 0 Å². The van der Waals surface area contributed by atoms with Crippen LogP contribution in [0.2, 0.25) is 0 Å². The zero-order valence-corrected chi connectivity index (χ0v) is 17.6. The molecule has 5 nitrogen and oxygen atoms in total. The van der Waals surface area contributed by atoms with Gasteiger partial charge < -0.3 is 15.4 Å². The monoisotopic (exact) mass is 438 g/mol. The van der Waals surface area contributed by atoms with E-state index >= 15 is 0 Å². The molecule has 0 fully saturated rings. The van der Waals surface area contributed by atoms with Crippen LogP contribution in [0.4, 0.5) is 14.5 Å². The molecule has 0 aliphatic heterocycles. The number of nitrogens with one attached hydrogen (secondary N) is 2. The van der Waals surface area contributed by atoms with Crippen LogP contribution in [-0.4, -0.2) is 18.4 Å². The molecule has 0 aromatic heterocycles. The van der Waals surface area contributed by atoms with Gasteiger partial charge in [0.15, 0.2) is 0 Å². The van der Waals surface area contributed by atoms with Gasteiger partial charge in [-0.15, -0.1) is 0 Å². The first-order chi connectivity index (χ1) is 15.4. The Balaban J connectivity index is 1.77. The highest BCUT2D eigenvalue weighted by Crippen LogP contribution is 2.27. The molecule has 3 aromatic rings. The molecular weight excluding hydrogens is 414 g/mol. The first-order valence-corrected chi connectivity index (χ1v) is 10.1. The first kappa shape index (κ1) is 22.9. The number of halogens is 2. The minimum Gasteiger partial charge on any atom is -0.435 e. The Labute approximate surface area is 185 Å². The Bertz CT molecular complexity index is 1040. The normalized spacial score (nSPS) is 11.6. The topological polar surface area (TPSA) is 67.4 Å². The molecule has 1 atom stereocenters. The summed E-state index contributed by atoms with van der Waals surface area (Å²) >= 11 is 0. The summed E-state index contributed by atoms with van der Waals surface area (Å²) in [5, 5.41) is 5.57. The van der Waals surface area contributed by atoms with Crippen LogP contribution >= 0.6 is 0 Å². The highest BCUT2D eigenvalue weighted by atomic mass is 19.3. The fraction of sp³-hybridized carbons (Fsp3) is 0.200. The standard InChI is InChI=1S/C25H24F2N2O3/c1-17(30)28-22(19-10-6-3-7-11-19)16-24(31)29-21-12-13-23(32-25(26)27)20(15-21)14-18-8-4-2-5-9-18/h2-13,15,22,25H,14,16H2,1H3,(H,28,30)(H,29,31). The number of carbonyl (C=O) groups is 2. The fourth-order valence-corrected chi connectivity index (χ4v) is 3.40. The summed E-state index contributed by atoms with van der Waals surface area (Å²) in [5.41, 5.74) is 2.71. The lowest BCUT2D eigenvalue weighted by molar-refractivity contribution is -0.120. The molecule has 0 saturated heterocycles. The van der Waals surface area contributed by atoms with Gasteiger partial charge in [-0.2, -0.15) is 8.78 Å². The second kappa shape index (κ2) is 11.0. The Morgan fingerprint density at radius 3 is 2.22 bits per heavy atom. The van der Waals surface area contributed by atoms with Crippen molar-refractivity contribution in [1.29, 1.82) is 0 Å². The van der Waals surface area contributed by atoms with E-state index in [1.807, 2.05) is 60.7 Å². The van der Waals surface area contributed by atoms with Crippen molar-refractivity contribution in [1.82, 2.24) is 5.32 Å². The van der Waals surface area contributed by atoms with E-state index in [0.29, 0.717) is 17.7 Å². The van der Waals surface area contributed by atoms with Gasteiger partial charge in [-0.25, -0.2) is 0 Å². The summed E-state index contributed by atoms with van der Waals surface area (Å²) in [5.74, 6) is -0.506. The fourth-order valence-electron chi connectivity index (χ4n) is 3.40. The summed E-state index contributed by atoms with van der Waals surface area (Å²) in [4.78, 5) is 24.3. The van der Waals surface area contributed by atoms with Crippen molar-refractivity contribution in [2.75, 3.05) is 5.32 Å². The molecular formula is C25H24F2N2O3. The van der Waals surface area contributed by atoms with Gasteiger partial charge in [0.2, 0.25) is 11.8 Å². The van der Waals surface area contributed by atoms with Gasteiger partial charge in [0.25, 0.3) is 0 Å². The lowest BCUT2D eigenvalue weighted by atomic mass is 10.0. The largest absolute Gasteiger partial charge is 0.435 e. The van der Waals surface area contributed by atoms with E-state index in [2.05, 4.69) is 15.4 Å². The van der Waals surface area contributed by atoms with Gasteiger partial charge in [-0.1, -0.05) is 60.7 Å². The van der Waals surface area contributed by atoms with E-state index < -0.39 is 12.7 Å². The maximum Gasteiger partial charge on any atom is 0.387 e. The molecule has 2 N–H and O–H groups in total. The average molecular weight is 438 g/mol. The predicted octanol–water partition coefficient (Wildman–Crippen LogP) is 5.08. The molecule has 0 aliphatic rings. The Kier molecular flexibility index (Phi) is 7.91. The number of alkyl halides is 2. The smallest absolute Gasteiger partial charge is 0.387 e. The van der Waals surface area contributed by atoms with Gasteiger partial charge in [0, 0.05) is 24.6 Å². The minimum absolute atomic E-state index is 0.0207. The summed E-state index contributed by atoms with van der Waals surface area (Å²) < 4.78 is 30.3. The van der Waals surface area contributed by atoms with Crippen LogP contribution in [0.3, 0.4) is 0 Å².